The summed E-state index contributed by atoms with van der Waals surface area (Å²) in [4.78, 5) is 12.3. The Balaban J connectivity index is 1.92. The van der Waals surface area contributed by atoms with Gasteiger partial charge in [-0.05, 0) is 38.1 Å². The number of amides is 1. The molecule has 1 aliphatic carbocycles. The molecule has 0 unspecified atom stereocenters. The number of hydrogen-bond donors (Lipinski definition) is 2. The van der Waals surface area contributed by atoms with Crippen LogP contribution in [0.1, 0.15) is 61.5 Å². The monoisotopic (exact) mass is 292 g/mol. The first-order valence-electron chi connectivity index (χ1n) is 8.06. The van der Waals surface area contributed by atoms with Crippen LogP contribution < -0.4 is 11.1 Å². The molecule has 21 heavy (non-hydrogen) atoms. The molecule has 0 aromatic carbocycles. The van der Waals surface area contributed by atoms with Gasteiger partial charge in [0.05, 0.1) is 11.8 Å². The Labute approximate surface area is 127 Å². The molecule has 0 bridgehead atoms. The van der Waals surface area contributed by atoms with E-state index in [1.54, 1.807) is 6.20 Å². The maximum absolute atomic E-state index is 12.3. The molecule has 2 rings (SSSR count). The van der Waals surface area contributed by atoms with E-state index >= 15 is 0 Å². The van der Waals surface area contributed by atoms with Gasteiger partial charge in [0.1, 0.15) is 0 Å². The molecule has 1 aliphatic rings. The molecule has 0 atom stereocenters. The smallest absolute Gasteiger partial charge is 0.254 e. The third-order valence-corrected chi connectivity index (χ3v) is 4.66. The second kappa shape index (κ2) is 7.07. The van der Waals surface area contributed by atoms with Crippen LogP contribution in [0, 0.1) is 12.3 Å². The van der Waals surface area contributed by atoms with Gasteiger partial charge in [0.25, 0.3) is 5.91 Å². The van der Waals surface area contributed by atoms with Gasteiger partial charge >= 0.3 is 0 Å². The fourth-order valence-electron chi connectivity index (χ4n) is 3.11. The van der Waals surface area contributed by atoms with Crippen LogP contribution in [0.5, 0.6) is 0 Å². The average molecular weight is 292 g/mol. The lowest BCUT2D eigenvalue weighted by atomic mass is 9.76. The van der Waals surface area contributed by atoms with Gasteiger partial charge in [-0.1, -0.05) is 26.2 Å². The van der Waals surface area contributed by atoms with Crippen molar-refractivity contribution in [2.75, 3.05) is 13.1 Å². The predicted octanol–water partition coefficient (Wildman–Crippen LogP) is 2.24. The molecule has 1 heterocycles. The number of nitrogens with one attached hydrogen (secondary N) is 1. The van der Waals surface area contributed by atoms with Crippen molar-refractivity contribution in [1.82, 2.24) is 15.1 Å². The van der Waals surface area contributed by atoms with E-state index in [2.05, 4.69) is 17.3 Å². The van der Waals surface area contributed by atoms with Gasteiger partial charge in [-0.25, -0.2) is 0 Å². The highest BCUT2D eigenvalue weighted by molar-refractivity contribution is 5.95. The second-order valence-corrected chi connectivity index (χ2v) is 6.56. The zero-order valence-corrected chi connectivity index (χ0v) is 13.3. The molecule has 1 amide bonds. The summed E-state index contributed by atoms with van der Waals surface area (Å²) in [5, 5.41) is 7.39. The van der Waals surface area contributed by atoms with Gasteiger partial charge < -0.3 is 11.1 Å². The molecule has 1 aromatic heterocycles. The van der Waals surface area contributed by atoms with Crippen molar-refractivity contribution in [2.24, 2.45) is 11.1 Å². The lowest BCUT2D eigenvalue weighted by Gasteiger charge is -2.33. The van der Waals surface area contributed by atoms with Gasteiger partial charge in [0.15, 0.2) is 0 Å². The molecular formula is C16H28N4O. The summed E-state index contributed by atoms with van der Waals surface area (Å²) in [6.07, 6.45) is 8.86. The van der Waals surface area contributed by atoms with E-state index in [0.29, 0.717) is 12.1 Å². The number of aromatic nitrogens is 2. The number of nitrogens with zero attached hydrogens (tertiary/aromatic N) is 2. The van der Waals surface area contributed by atoms with Crippen LogP contribution >= 0.6 is 0 Å². The second-order valence-electron chi connectivity index (χ2n) is 6.56. The van der Waals surface area contributed by atoms with Gasteiger partial charge in [0.2, 0.25) is 0 Å². The van der Waals surface area contributed by atoms with Crippen LogP contribution in [-0.2, 0) is 6.54 Å². The topological polar surface area (TPSA) is 72.9 Å². The minimum Gasteiger partial charge on any atom is -0.351 e. The summed E-state index contributed by atoms with van der Waals surface area (Å²) >= 11 is 0. The van der Waals surface area contributed by atoms with E-state index in [4.69, 9.17) is 5.73 Å². The number of nitrogens with two attached hydrogens (primary N) is 1. The van der Waals surface area contributed by atoms with E-state index in [-0.39, 0.29) is 11.3 Å². The molecule has 0 radical (unpaired) electrons. The van der Waals surface area contributed by atoms with Gasteiger partial charge in [-0.15, -0.1) is 0 Å². The Kier molecular flexibility index (Phi) is 5.39. The van der Waals surface area contributed by atoms with Crippen molar-refractivity contribution in [3.8, 4) is 0 Å². The van der Waals surface area contributed by atoms with Crippen molar-refractivity contribution in [3.63, 3.8) is 0 Å². The lowest BCUT2D eigenvalue weighted by molar-refractivity contribution is 0.0918. The van der Waals surface area contributed by atoms with Crippen LogP contribution in [0.2, 0.25) is 0 Å². The normalized spacial score (nSPS) is 17.7. The third kappa shape index (κ3) is 4.06. The minimum atomic E-state index is -0.00158. The average Bonchev–Trinajstić information content (AvgIpc) is 2.85. The molecule has 118 valence electrons. The largest absolute Gasteiger partial charge is 0.351 e. The molecule has 0 spiro atoms. The summed E-state index contributed by atoms with van der Waals surface area (Å²) in [6.45, 7) is 6.40. The highest BCUT2D eigenvalue weighted by Crippen LogP contribution is 2.34. The molecule has 1 aromatic rings. The van der Waals surface area contributed by atoms with Gasteiger partial charge in [-0.2, -0.15) is 5.10 Å². The van der Waals surface area contributed by atoms with Crippen LogP contribution in [0.4, 0.5) is 0 Å². The first kappa shape index (κ1) is 16.0. The van der Waals surface area contributed by atoms with Gasteiger partial charge in [-0.3, -0.25) is 9.48 Å². The molecule has 3 N–H and O–H groups in total. The minimum absolute atomic E-state index is 0.00158. The Bertz CT molecular complexity index is 475. The van der Waals surface area contributed by atoms with Crippen LogP contribution in [-0.4, -0.2) is 28.8 Å². The van der Waals surface area contributed by atoms with Crippen LogP contribution in [0.25, 0.3) is 0 Å². The molecule has 5 heteroatoms. The highest BCUT2D eigenvalue weighted by atomic mass is 16.1. The van der Waals surface area contributed by atoms with Crippen molar-refractivity contribution < 1.29 is 4.79 Å². The van der Waals surface area contributed by atoms with Crippen molar-refractivity contribution in [1.29, 1.82) is 0 Å². The summed E-state index contributed by atoms with van der Waals surface area (Å²) < 4.78 is 1.87. The Morgan fingerprint density at radius 1 is 1.43 bits per heavy atom. The SMILES string of the molecule is Cc1c(C(=O)NCC2(C)CCCCC2)cnn1CCCN. The van der Waals surface area contributed by atoms with E-state index in [1.165, 1.54) is 32.1 Å². The maximum Gasteiger partial charge on any atom is 0.254 e. The van der Waals surface area contributed by atoms with Gasteiger partial charge in [0, 0.05) is 18.8 Å². The number of hydrogen-bond acceptors (Lipinski definition) is 3. The number of carbonyl (C=O) groups excluding carboxylic acids is 1. The van der Waals surface area contributed by atoms with E-state index in [1.807, 2.05) is 11.6 Å². The molecule has 0 aliphatic heterocycles. The summed E-state index contributed by atoms with van der Waals surface area (Å²) in [5.41, 5.74) is 7.39. The maximum atomic E-state index is 12.3. The zero-order valence-electron chi connectivity index (χ0n) is 13.3. The zero-order chi connectivity index (χ0) is 15.3. The number of rotatable bonds is 6. The summed E-state index contributed by atoms with van der Waals surface area (Å²) in [6, 6.07) is 0. The third-order valence-electron chi connectivity index (χ3n) is 4.66. The highest BCUT2D eigenvalue weighted by Gasteiger charge is 2.27. The summed E-state index contributed by atoms with van der Waals surface area (Å²) in [7, 11) is 0. The standard InChI is InChI=1S/C16H28N4O/c1-13-14(11-19-20(13)10-6-9-17)15(21)18-12-16(2)7-4-3-5-8-16/h11H,3-10,12,17H2,1-2H3,(H,18,21). The Morgan fingerprint density at radius 3 is 2.81 bits per heavy atom. The molecular weight excluding hydrogens is 264 g/mol. The fourth-order valence-corrected chi connectivity index (χ4v) is 3.11. The molecule has 1 fully saturated rings. The molecule has 5 nitrogen and oxygen atoms in total. The van der Waals surface area contributed by atoms with Crippen LogP contribution in [0.15, 0.2) is 6.20 Å². The summed E-state index contributed by atoms with van der Waals surface area (Å²) in [5.74, 6) is -0.00158. The lowest BCUT2D eigenvalue weighted by Crippen LogP contribution is -2.37. The van der Waals surface area contributed by atoms with E-state index in [9.17, 15) is 4.79 Å². The van der Waals surface area contributed by atoms with Crippen molar-refractivity contribution >= 4 is 5.91 Å². The predicted molar refractivity (Wildman–Crippen MR) is 84.2 cm³/mol. The van der Waals surface area contributed by atoms with Crippen molar-refractivity contribution in [3.05, 3.63) is 17.5 Å². The quantitative estimate of drug-likeness (QED) is 0.844. The Hall–Kier alpha value is -1.36. The first-order chi connectivity index (χ1) is 10.1. The molecule has 0 saturated heterocycles. The van der Waals surface area contributed by atoms with E-state index < -0.39 is 0 Å². The van der Waals surface area contributed by atoms with Crippen molar-refractivity contribution in [2.45, 2.75) is 58.9 Å². The Morgan fingerprint density at radius 2 is 2.14 bits per heavy atom. The fraction of sp³-hybridized carbons (Fsp3) is 0.750. The first-order valence-corrected chi connectivity index (χ1v) is 8.06. The van der Waals surface area contributed by atoms with Crippen LogP contribution in [0.3, 0.4) is 0 Å². The molecule has 1 saturated carbocycles. The number of carbonyl (C=O) groups is 1. The van der Waals surface area contributed by atoms with E-state index in [0.717, 1.165) is 25.2 Å². The number of aryl methyl sites for hydroxylation is 1.